The average Bonchev–Trinajstić information content (AvgIpc) is 3.41. The standard InChI is InChI=1S/C20H24BrN3O3/c1-2-23-10-14(4-6-18(23)26)22-17(25)11-24-12-20(7-8-20)16-9-13(21)3-5-15(16)19(24)27/h3,5,9,14H,2,4,6-8,10-12H2,1H3,(H,22,25)/t14-/m0/s1. The molecule has 2 heterocycles. The summed E-state index contributed by atoms with van der Waals surface area (Å²) in [5, 5.41) is 3.02. The molecule has 0 bridgehead atoms. The molecule has 4 rings (SSSR count). The molecule has 7 heteroatoms. The minimum atomic E-state index is -0.143. The quantitative estimate of drug-likeness (QED) is 0.789. The Kier molecular flexibility index (Phi) is 4.74. The van der Waals surface area contributed by atoms with Crippen molar-refractivity contribution in [2.45, 2.75) is 44.1 Å². The molecule has 3 amide bonds. The first kappa shape index (κ1) is 18.5. The van der Waals surface area contributed by atoms with Crippen LogP contribution in [0.5, 0.6) is 0 Å². The van der Waals surface area contributed by atoms with Crippen molar-refractivity contribution < 1.29 is 14.4 Å². The van der Waals surface area contributed by atoms with Gasteiger partial charge in [-0.2, -0.15) is 0 Å². The third kappa shape index (κ3) is 3.49. The van der Waals surface area contributed by atoms with E-state index in [1.54, 1.807) is 9.80 Å². The fourth-order valence-corrected chi connectivity index (χ4v) is 4.69. The number of hydrogen-bond donors (Lipinski definition) is 1. The first-order valence-electron chi connectivity index (χ1n) is 9.58. The zero-order valence-corrected chi connectivity index (χ0v) is 17.0. The summed E-state index contributed by atoms with van der Waals surface area (Å²) in [6.07, 6.45) is 3.23. The predicted molar refractivity (Wildman–Crippen MR) is 104 cm³/mol. The number of amides is 3. The highest BCUT2D eigenvalue weighted by molar-refractivity contribution is 9.10. The molecule has 2 aliphatic heterocycles. The summed E-state index contributed by atoms with van der Waals surface area (Å²) in [5.41, 5.74) is 1.85. The molecule has 1 saturated heterocycles. The van der Waals surface area contributed by atoms with Gasteiger partial charge in [-0.15, -0.1) is 0 Å². The summed E-state index contributed by atoms with van der Waals surface area (Å²) in [6.45, 7) is 3.83. The van der Waals surface area contributed by atoms with Crippen LogP contribution in [0.2, 0.25) is 0 Å². The van der Waals surface area contributed by atoms with Crippen molar-refractivity contribution in [2.75, 3.05) is 26.2 Å². The number of nitrogens with one attached hydrogen (secondary N) is 1. The highest BCUT2D eigenvalue weighted by Crippen LogP contribution is 2.52. The van der Waals surface area contributed by atoms with Crippen LogP contribution in [-0.2, 0) is 15.0 Å². The smallest absolute Gasteiger partial charge is 0.254 e. The fourth-order valence-electron chi connectivity index (χ4n) is 4.33. The Bertz CT molecular complexity index is 806. The fraction of sp³-hybridized carbons (Fsp3) is 0.550. The largest absolute Gasteiger partial charge is 0.350 e. The molecule has 2 fully saturated rings. The van der Waals surface area contributed by atoms with Crippen molar-refractivity contribution in [1.29, 1.82) is 0 Å². The van der Waals surface area contributed by atoms with Gasteiger partial charge in [0.15, 0.2) is 0 Å². The van der Waals surface area contributed by atoms with Crippen LogP contribution in [0, 0.1) is 0 Å². The van der Waals surface area contributed by atoms with E-state index in [4.69, 9.17) is 0 Å². The Labute approximate surface area is 167 Å². The van der Waals surface area contributed by atoms with Gasteiger partial charge in [-0.3, -0.25) is 14.4 Å². The number of nitrogens with zero attached hydrogens (tertiary/aromatic N) is 2. The van der Waals surface area contributed by atoms with Crippen LogP contribution < -0.4 is 5.32 Å². The van der Waals surface area contributed by atoms with Gasteiger partial charge in [-0.25, -0.2) is 0 Å². The lowest BCUT2D eigenvalue weighted by atomic mass is 9.86. The van der Waals surface area contributed by atoms with Crippen LogP contribution in [0.15, 0.2) is 22.7 Å². The number of halogens is 1. The van der Waals surface area contributed by atoms with E-state index in [1.165, 1.54) is 0 Å². The second kappa shape index (κ2) is 6.93. The molecular formula is C20H24BrN3O3. The summed E-state index contributed by atoms with van der Waals surface area (Å²) in [6, 6.07) is 5.76. The van der Waals surface area contributed by atoms with E-state index in [-0.39, 0.29) is 35.7 Å². The second-order valence-corrected chi connectivity index (χ2v) is 8.78. The molecule has 3 aliphatic rings. The van der Waals surface area contributed by atoms with Crippen LogP contribution in [0.25, 0.3) is 0 Å². The molecule has 1 aromatic carbocycles. The zero-order chi connectivity index (χ0) is 19.2. The van der Waals surface area contributed by atoms with Crippen molar-refractivity contribution >= 4 is 33.7 Å². The second-order valence-electron chi connectivity index (χ2n) is 7.87. The lowest BCUT2D eigenvalue weighted by molar-refractivity contribution is -0.135. The number of likely N-dealkylation sites (N-methyl/N-ethyl adjacent to an activating group) is 1. The molecule has 1 aliphatic carbocycles. The number of hydrogen-bond acceptors (Lipinski definition) is 3. The molecule has 1 atom stereocenters. The van der Waals surface area contributed by atoms with E-state index in [0.717, 1.165) is 28.4 Å². The molecule has 144 valence electrons. The third-order valence-corrected chi connectivity index (χ3v) is 6.49. The Morgan fingerprint density at radius 3 is 2.78 bits per heavy atom. The number of carbonyl (C=O) groups is 3. The number of carbonyl (C=O) groups excluding carboxylic acids is 3. The van der Waals surface area contributed by atoms with Gasteiger partial charge >= 0.3 is 0 Å². The number of likely N-dealkylation sites (tertiary alicyclic amines) is 1. The highest BCUT2D eigenvalue weighted by atomic mass is 79.9. The zero-order valence-electron chi connectivity index (χ0n) is 15.5. The van der Waals surface area contributed by atoms with Crippen LogP contribution in [-0.4, -0.2) is 59.7 Å². The topological polar surface area (TPSA) is 69.7 Å². The highest BCUT2D eigenvalue weighted by Gasteiger charge is 2.51. The molecule has 1 spiro atoms. The van der Waals surface area contributed by atoms with E-state index in [1.807, 2.05) is 19.1 Å². The lowest BCUT2D eigenvalue weighted by Gasteiger charge is -2.36. The number of rotatable bonds is 4. The maximum Gasteiger partial charge on any atom is 0.254 e. The summed E-state index contributed by atoms with van der Waals surface area (Å²) in [5.74, 6) is -0.0676. The van der Waals surface area contributed by atoms with E-state index in [9.17, 15) is 14.4 Å². The van der Waals surface area contributed by atoms with Gasteiger partial charge in [-0.1, -0.05) is 15.9 Å². The summed E-state index contributed by atoms with van der Waals surface area (Å²) in [7, 11) is 0. The van der Waals surface area contributed by atoms with Crippen LogP contribution in [0.3, 0.4) is 0 Å². The van der Waals surface area contributed by atoms with Crippen molar-refractivity contribution in [3.63, 3.8) is 0 Å². The van der Waals surface area contributed by atoms with Crippen molar-refractivity contribution in [1.82, 2.24) is 15.1 Å². The minimum absolute atomic E-state index is 0.0174. The molecular weight excluding hydrogens is 410 g/mol. The lowest BCUT2D eigenvalue weighted by Crippen LogP contribution is -2.53. The maximum atomic E-state index is 12.9. The van der Waals surface area contributed by atoms with Gasteiger partial charge in [0.1, 0.15) is 0 Å². The molecule has 6 nitrogen and oxygen atoms in total. The van der Waals surface area contributed by atoms with Crippen LogP contribution in [0.1, 0.15) is 48.5 Å². The Hall–Kier alpha value is -1.89. The molecule has 1 saturated carbocycles. The first-order valence-corrected chi connectivity index (χ1v) is 10.4. The Morgan fingerprint density at radius 1 is 1.30 bits per heavy atom. The monoisotopic (exact) mass is 433 g/mol. The molecule has 0 unspecified atom stereocenters. The van der Waals surface area contributed by atoms with Gasteiger partial charge in [0.05, 0.1) is 6.54 Å². The number of fused-ring (bicyclic) bond motifs is 2. The molecule has 1 N–H and O–H groups in total. The van der Waals surface area contributed by atoms with Crippen molar-refractivity contribution in [3.8, 4) is 0 Å². The van der Waals surface area contributed by atoms with E-state index >= 15 is 0 Å². The number of benzene rings is 1. The van der Waals surface area contributed by atoms with Crippen LogP contribution in [0.4, 0.5) is 0 Å². The molecule has 0 radical (unpaired) electrons. The summed E-state index contributed by atoms with van der Waals surface area (Å²) < 4.78 is 0.985. The first-order chi connectivity index (χ1) is 12.9. The van der Waals surface area contributed by atoms with Gasteiger partial charge < -0.3 is 15.1 Å². The SMILES string of the molecule is CCN1C[C@@H](NC(=O)CN2CC3(CC3)c3cc(Br)ccc3C2=O)CCC1=O. The van der Waals surface area contributed by atoms with Gasteiger partial charge in [0, 0.05) is 47.5 Å². The van der Waals surface area contributed by atoms with Crippen LogP contribution >= 0.6 is 15.9 Å². The predicted octanol–water partition coefficient (Wildman–Crippen LogP) is 2.06. The van der Waals surface area contributed by atoms with E-state index in [0.29, 0.717) is 32.5 Å². The van der Waals surface area contributed by atoms with E-state index in [2.05, 4.69) is 27.3 Å². The van der Waals surface area contributed by atoms with Gasteiger partial charge in [0.2, 0.25) is 11.8 Å². The van der Waals surface area contributed by atoms with Crippen molar-refractivity contribution in [2.24, 2.45) is 0 Å². The Balaban J connectivity index is 1.43. The maximum absolute atomic E-state index is 12.9. The normalized spacial score (nSPS) is 23.4. The molecule has 1 aromatic rings. The average molecular weight is 434 g/mol. The Morgan fingerprint density at radius 2 is 2.07 bits per heavy atom. The minimum Gasteiger partial charge on any atom is -0.350 e. The van der Waals surface area contributed by atoms with E-state index < -0.39 is 0 Å². The summed E-state index contributed by atoms with van der Waals surface area (Å²) >= 11 is 3.50. The van der Waals surface area contributed by atoms with Gasteiger partial charge in [-0.05, 0) is 49.9 Å². The third-order valence-electron chi connectivity index (χ3n) is 6.00. The summed E-state index contributed by atoms with van der Waals surface area (Å²) in [4.78, 5) is 40.7. The molecule has 0 aromatic heterocycles. The molecule has 27 heavy (non-hydrogen) atoms. The van der Waals surface area contributed by atoms with Crippen molar-refractivity contribution in [3.05, 3.63) is 33.8 Å². The van der Waals surface area contributed by atoms with Gasteiger partial charge in [0.25, 0.3) is 5.91 Å². The number of piperidine rings is 1.